The normalized spacial score (nSPS) is 15.1. The van der Waals surface area contributed by atoms with Gasteiger partial charge in [-0.3, -0.25) is 14.5 Å². The van der Waals surface area contributed by atoms with Crippen LogP contribution in [0.5, 0.6) is 0 Å². The lowest BCUT2D eigenvalue weighted by atomic mass is 10.0. The van der Waals surface area contributed by atoms with Gasteiger partial charge >= 0.3 is 18.5 Å². The minimum absolute atomic E-state index is 0.0758. The van der Waals surface area contributed by atoms with Gasteiger partial charge in [-0.15, -0.1) is 0 Å². The highest BCUT2D eigenvalue weighted by molar-refractivity contribution is 6.06. The summed E-state index contributed by atoms with van der Waals surface area (Å²) in [7, 11) is 0. The molecular weight excluding hydrogens is 483 g/mol. The minimum atomic E-state index is -5.23. The number of amides is 2. The number of likely N-dealkylation sites (tertiary alicyclic amines) is 1. The molecule has 2 aromatic carbocycles. The molecule has 2 aromatic rings. The van der Waals surface area contributed by atoms with Crippen molar-refractivity contribution in [1.82, 2.24) is 4.90 Å². The standard InChI is InChI=1S/C21H15F9N2O2/c22-19(23,24)13-3-1-4-16(10-13)32(11-31-6-2-5-17(31)33)18(34)12-7-14(20(25,26)27)9-15(8-12)21(28,29)30/h1,3-4,7-10H,2,5-6,11H2. The Morgan fingerprint density at radius 1 is 0.824 bits per heavy atom. The number of anilines is 1. The van der Waals surface area contributed by atoms with Crippen LogP contribution in [-0.2, 0) is 23.3 Å². The van der Waals surface area contributed by atoms with Crippen LogP contribution in [0.3, 0.4) is 0 Å². The Kier molecular flexibility index (Phi) is 6.60. The van der Waals surface area contributed by atoms with E-state index < -0.39 is 65.0 Å². The van der Waals surface area contributed by atoms with Crippen LogP contribution in [-0.4, -0.2) is 29.9 Å². The number of carbonyl (C=O) groups excluding carboxylic acids is 2. The first-order valence-electron chi connectivity index (χ1n) is 9.64. The summed E-state index contributed by atoms with van der Waals surface area (Å²) in [4.78, 5) is 26.8. The maximum Gasteiger partial charge on any atom is 0.416 e. The Balaban J connectivity index is 2.13. The van der Waals surface area contributed by atoms with Crippen LogP contribution in [0.25, 0.3) is 0 Å². The van der Waals surface area contributed by atoms with E-state index in [-0.39, 0.29) is 31.2 Å². The smallest absolute Gasteiger partial charge is 0.324 e. The summed E-state index contributed by atoms with van der Waals surface area (Å²) in [5.41, 5.74) is -6.22. The fraction of sp³-hybridized carbons (Fsp3) is 0.333. The third-order valence-corrected chi connectivity index (χ3v) is 5.05. The Morgan fingerprint density at radius 3 is 1.85 bits per heavy atom. The number of hydrogen-bond acceptors (Lipinski definition) is 2. The quantitative estimate of drug-likeness (QED) is 0.488. The van der Waals surface area contributed by atoms with Gasteiger partial charge in [0.2, 0.25) is 5.91 Å². The van der Waals surface area contributed by atoms with Crippen molar-refractivity contribution in [3.05, 3.63) is 64.7 Å². The molecule has 184 valence electrons. The summed E-state index contributed by atoms with van der Waals surface area (Å²) in [6.45, 7) is -0.547. The van der Waals surface area contributed by atoms with Gasteiger partial charge in [-0.2, -0.15) is 39.5 Å². The van der Waals surface area contributed by atoms with Crippen LogP contribution >= 0.6 is 0 Å². The van der Waals surface area contributed by atoms with Crippen molar-refractivity contribution >= 4 is 17.5 Å². The van der Waals surface area contributed by atoms with Gasteiger partial charge in [0.15, 0.2) is 0 Å². The average Bonchev–Trinajstić information content (AvgIpc) is 3.14. The zero-order chi connectivity index (χ0) is 25.5. The molecule has 0 N–H and O–H groups in total. The molecule has 0 saturated carbocycles. The third kappa shape index (κ3) is 5.62. The van der Waals surface area contributed by atoms with E-state index in [0.717, 1.165) is 17.0 Å². The highest BCUT2D eigenvalue weighted by Crippen LogP contribution is 2.37. The van der Waals surface area contributed by atoms with Crippen LogP contribution < -0.4 is 4.90 Å². The summed E-state index contributed by atoms with van der Waals surface area (Å²) in [6, 6.07) is 3.36. The highest BCUT2D eigenvalue weighted by atomic mass is 19.4. The maximum absolute atomic E-state index is 13.2. The number of hydrogen-bond donors (Lipinski definition) is 0. The van der Waals surface area contributed by atoms with Crippen LogP contribution in [0, 0.1) is 0 Å². The Morgan fingerprint density at radius 2 is 1.38 bits per heavy atom. The van der Waals surface area contributed by atoms with Crippen LogP contribution in [0.2, 0.25) is 0 Å². The van der Waals surface area contributed by atoms with Gasteiger partial charge in [-0.25, -0.2) is 0 Å². The summed E-state index contributed by atoms with van der Waals surface area (Å²) in [6.07, 6.45) is -14.9. The summed E-state index contributed by atoms with van der Waals surface area (Å²) < 4.78 is 119. The minimum Gasteiger partial charge on any atom is -0.324 e. The van der Waals surface area contributed by atoms with Crippen LogP contribution in [0.4, 0.5) is 45.2 Å². The summed E-state index contributed by atoms with van der Waals surface area (Å²) >= 11 is 0. The fourth-order valence-electron chi connectivity index (χ4n) is 3.37. The summed E-state index contributed by atoms with van der Waals surface area (Å²) in [5.74, 6) is -1.90. The maximum atomic E-state index is 13.2. The molecule has 0 aromatic heterocycles. The van der Waals surface area contributed by atoms with Crippen molar-refractivity contribution in [2.24, 2.45) is 0 Å². The van der Waals surface area contributed by atoms with Gasteiger partial charge in [-0.05, 0) is 42.8 Å². The van der Waals surface area contributed by atoms with Crippen molar-refractivity contribution in [3.63, 3.8) is 0 Å². The Bertz CT molecular complexity index is 1060. The van der Waals surface area contributed by atoms with Crippen molar-refractivity contribution in [2.45, 2.75) is 31.4 Å². The summed E-state index contributed by atoms with van der Waals surface area (Å²) in [5, 5.41) is 0. The zero-order valence-electron chi connectivity index (χ0n) is 17.0. The zero-order valence-corrected chi connectivity index (χ0v) is 17.0. The number of halogens is 9. The largest absolute Gasteiger partial charge is 0.416 e. The topological polar surface area (TPSA) is 40.6 Å². The first-order chi connectivity index (χ1) is 15.6. The van der Waals surface area contributed by atoms with E-state index in [4.69, 9.17) is 0 Å². The molecule has 0 unspecified atom stereocenters. The molecule has 0 aliphatic carbocycles. The van der Waals surface area contributed by atoms with Gasteiger partial charge in [0, 0.05) is 24.2 Å². The van der Waals surface area contributed by atoms with E-state index in [1.54, 1.807) is 0 Å². The molecule has 0 atom stereocenters. The van der Waals surface area contributed by atoms with Crippen molar-refractivity contribution in [3.8, 4) is 0 Å². The number of carbonyl (C=O) groups is 2. The van der Waals surface area contributed by atoms with E-state index in [2.05, 4.69) is 0 Å². The second-order valence-corrected chi connectivity index (χ2v) is 7.48. The average molecular weight is 498 g/mol. The molecule has 1 aliphatic heterocycles. The van der Waals surface area contributed by atoms with E-state index in [9.17, 15) is 49.1 Å². The van der Waals surface area contributed by atoms with E-state index in [0.29, 0.717) is 23.5 Å². The van der Waals surface area contributed by atoms with Gasteiger partial charge in [0.1, 0.15) is 6.67 Å². The predicted molar refractivity (Wildman–Crippen MR) is 101 cm³/mol. The number of benzene rings is 2. The number of rotatable bonds is 4. The third-order valence-electron chi connectivity index (χ3n) is 5.05. The Labute approximate surface area is 186 Å². The van der Waals surface area contributed by atoms with E-state index in [1.165, 1.54) is 0 Å². The van der Waals surface area contributed by atoms with Crippen molar-refractivity contribution in [1.29, 1.82) is 0 Å². The molecular formula is C21H15F9N2O2. The lowest BCUT2D eigenvalue weighted by Crippen LogP contribution is -2.42. The molecule has 34 heavy (non-hydrogen) atoms. The van der Waals surface area contributed by atoms with Gasteiger partial charge in [-0.1, -0.05) is 6.07 Å². The van der Waals surface area contributed by atoms with Gasteiger partial charge in [0.25, 0.3) is 5.91 Å². The molecule has 1 saturated heterocycles. The second-order valence-electron chi connectivity index (χ2n) is 7.48. The number of alkyl halides is 9. The lowest BCUT2D eigenvalue weighted by molar-refractivity contribution is -0.143. The molecule has 0 radical (unpaired) electrons. The molecule has 0 bridgehead atoms. The van der Waals surface area contributed by atoms with Crippen molar-refractivity contribution < 1.29 is 49.1 Å². The monoisotopic (exact) mass is 498 g/mol. The molecule has 4 nitrogen and oxygen atoms in total. The molecule has 1 fully saturated rings. The Hall–Kier alpha value is -3.25. The molecule has 0 spiro atoms. The lowest BCUT2D eigenvalue weighted by Gasteiger charge is -2.29. The molecule has 2 amide bonds. The second kappa shape index (κ2) is 8.84. The van der Waals surface area contributed by atoms with E-state index in [1.807, 2.05) is 0 Å². The fourth-order valence-corrected chi connectivity index (χ4v) is 3.37. The first kappa shape index (κ1) is 25.4. The SMILES string of the molecule is O=C1CCCN1CN(C(=O)c1cc(C(F)(F)F)cc(C(F)(F)F)c1)c1cccc(C(F)(F)F)c1. The molecule has 3 rings (SSSR count). The number of nitrogens with zero attached hydrogens (tertiary/aromatic N) is 2. The van der Waals surface area contributed by atoms with Gasteiger partial charge < -0.3 is 4.90 Å². The first-order valence-corrected chi connectivity index (χ1v) is 9.64. The molecule has 1 aliphatic rings. The predicted octanol–water partition coefficient (Wildman–Crippen LogP) is 5.97. The van der Waals surface area contributed by atoms with Crippen molar-refractivity contribution in [2.75, 3.05) is 18.1 Å². The molecule has 13 heteroatoms. The molecule has 1 heterocycles. The van der Waals surface area contributed by atoms with Crippen LogP contribution in [0.15, 0.2) is 42.5 Å². The highest BCUT2D eigenvalue weighted by Gasteiger charge is 2.39. The van der Waals surface area contributed by atoms with E-state index >= 15 is 0 Å². The van der Waals surface area contributed by atoms with Gasteiger partial charge in [0.05, 0.1) is 16.7 Å². The van der Waals surface area contributed by atoms with Crippen LogP contribution in [0.1, 0.15) is 39.9 Å².